The summed E-state index contributed by atoms with van der Waals surface area (Å²) >= 11 is 0. The molecule has 144 valence electrons. The number of alkyl halides is 3. The Labute approximate surface area is 144 Å². The first-order valence-electron chi connectivity index (χ1n) is 7.90. The topological polar surface area (TPSA) is 78.0 Å². The molecule has 0 aromatic rings. The second kappa shape index (κ2) is 7.10. The zero-order valence-corrected chi connectivity index (χ0v) is 14.9. The van der Waals surface area contributed by atoms with E-state index in [9.17, 15) is 31.2 Å². The number of halogens is 3. The number of carbonyl (C=O) groups excluding carboxylic acids is 2. The number of rotatable bonds is 4. The van der Waals surface area contributed by atoms with Crippen molar-refractivity contribution in [3.8, 4) is 0 Å². The number of fused-ring (bicyclic) bond motifs is 1. The van der Waals surface area contributed by atoms with Gasteiger partial charge in [0.2, 0.25) is 11.8 Å². The molecule has 2 saturated heterocycles. The molecule has 0 spiro atoms. The molecule has 0 bridgehead atoms. The van der Waals surface area contributed by atoms with Gasteiger partial charge in [-0.25, -0.2) is 8.42 Å². The molecule has 2 fully saturated rings. The van der Waals surface area contributed by atoms with Crippen molar-refractivity contribution in [1.29, 1.82) is 0 Å². The summed E-state index contributed by atoms with van der Waals surface area (Å²) < 4.78 is 61.0. The lowest BCUT2D eigenvalue weighted by Gasteiger charge is -2.43. The van der Waals surface area contributed by atoms with Gasteiger partial charge in [0, 0.05) is 39.6 Å². The molecular formula is C14H22F3N3O4S. The predicted octanol–water partition coefficient (Wildman–Crippen LogP) is -0.273. The molecule has 0 unspecified atom stereocenters. The minimum Gasteiger partial charge on any atom is -0.348 e. The molecule has 2 heterocycles. The fourth-order valence-corrected chi connectivity index (χ4v) is 5.25. The Morgan fingerprint density at radius 3 is 2.28 bits per heavy atom. The van der Waals surface area contributed by atoms with Crippen molar-refractivity contribution >= 4 is 21.7 Å². The highest BCUT2D eigenvalue weighted by molar-refractivity contribution is 7.91. The zero-order valence-electron chi connectivity index (χ0n) is 14.1. The SMILES string of the molecule is CN(C)C(=O)CN1CCN(C(=O)CCC(F)(F)F)[C@H]2CS(=O)(=O)C[C@H]21. The lowest BCUT2D eigenvalue weighted by molar-refractivity contribution is -0.152. The van der Waals surface area contributed by atoms with E-state index in [0.29, 0.717) is 0 Å². The lowest BCUT2D eigenvalue weighted by atomic mass is 10.0. The molecule has 0 aliphatic carbocycles. The molecule has 0 radical (unpaired) electrons. The summed E-state index contributed by atoms with van der Waals surface area (Å²) in [5.74, 6) is -1.35. The van der Waals surface area contributed by atoms with Crippen LogP contribution in [0.5, 0.6) is 0 Å². The molecule has 2 aliphatic rings. The van der Waals surface area contributed by atoms with Crippen LogP contribution in [0.2, 0.25) is 0 Å². The molecule has 2 aliphatic heterocycles. The summed E-state index contributed by atoms with van der Waals surface area (Å²) in [6, 6.07) is -1.26. The van der Waals surface area contributed by atoms with E-state index in [4.69, 9.17) is 0 Å². The van der Waals surface area contributed by atoms with Crippen LogP contribution in [-0.4, -0.2) is 98.4 Å². The fraction of sp³-hybridized carbons (Fsp3) is 0.857. The van der Waals surface area contributed by atoms with Crippen molar-refractivity contribution in [3.05, 3.63) is 0 Å². The van der Waals surface area contributed by atoms with E-state index in [2.05, 4.69) is 0 Å². The summed E-state index contributed by atoms with van der Waals surface area (Å²) in [6.45, 7) is 0.399. The Morgan fingerprint density at radius 1 is 1.12 bits per heavy atom. The Kier molecular flexibility index (Phi) is 5.67. The third kappa shape index (κ3) is 5.06. The molecule has 2 rings (SSSR count). The number of carbonyl (C=O) groups is 2. The largest absolute Gasteiger partial charge is 0.389 e. The van der Waals surface area contributed by atoms with Gasteiger partial charge in [0.1, 0.15) is 0 Å². The van der Waals surface area contributed by atoms with Crippen molar-refractivity contribution in [2.24, 2.45) is 0 Å². The number of likely N-dealkylation sites (N-methyl/N-ethyl adjacent to an activating group) is 1. The van der Waals surface area contributed by atoms with Crippen LogP contribution in [-0.2, 0) is 19.4 Å². The van der Waals surface area contributed by atoms with Crippen LogP contribution < -0.4 is 0 Å². The molecule has 25 heavy (non-hydrogen) atoms. The van der Waals surface area contributed by atoms with Crippen molar-refractivity contribution in [2.75, 3.05) is 45.2 Å². The summed E-state index contributed by atoms with van der Waals surface area (Å²) in [7, 11) is -0.239. The first-order chi connectivity index (χ1) is 11.4. The van der Waals surface area contributed by atoms with Gasteiger partial charge in [-0.05, 0) is 0 Å². The minimum atomic E-state index is -4.43. The first-order valence-corrected chi connectivity index (χ1v) is 9.72. The van der Waals surface area contributed by atoms with Gasteiger partial charge in [-0.3, -0.25) is 14.5 Å². The fourth-order valence-electron chi connectivity index (χ4n) is 3.24. The van der Waals surface area contributed by atoms with E-state index in [1.54, 1.807) is 19.0 Å². The Balaban J connectivity index is 2.11. The van der Waals surface area contributed by atoms with E-state index < -0.39 is 46.8 Å². The molecule has 2 amide bonds. The van der Waals surface area contributed by atoms with Crippen molar-refractivity contribution in [2.45, 2.75) is 31.1 Å². The summed E-state index contributed by atoms with van der Waals surface area (Å²) in [6.07, 6.45) is -6.35. The van der Waals surface area contributed by atoms with Crippen LogP contribution in [0.25, 0.3) is 0 Å². The van der Waals surface area contributed by atoms with Gasteiger partial charge in [0.05, 0.1) is 30.5 Å². The Morgan fingerprint density at radius 2 is 1.72 bits per heavy atom. The highest BCUT2D eigenvalue weighted by Gasteiger charge is 2.48. The van der Waals surface area contributed by atoms with Gasteiger partial charge < -0.3 is 9.80 Å². The second-order valence-electron chi connectivity index (χ2n) is 6.67. The first kappa shape index (κ1) is 20.0. The third-order valence-electron chi connectivity index (χ3n) is 4.57. The average molecular weight is 385 g/mol. The van der Waals surface area contributed by atoms with Gasteiger partial charge in [-0.1, -0.05) is 0 Å². The standard InChI is InChI=1S/C14H22F3N3O4S/c1-18(2)13(22)7-19-5-6-20(12(21)3-4-14(15,16)17)11-9-25(23,24)8-10(11)19/h10-11H,3-9H2,1-2H3/t10-,11+/m1/s1. The van der Waals surface area contributed by atoms with E-state index in [-0.39, 0.29) is 37.0 Å². The maximum atomic E-state index is 12.3. The zero-order chi connectivity index (χ0) is 19.0. The summed E-state index contributed by atoms with van der Waals surface area (Å²) in [4.78, 5) is 28.4. The van der Waals surface area contributed by atoms with Crippen LogP contribution in [0.15, 0.2) is 0 Å². The van der Waals surface area contributed by atoms with Gasteiger partial charge in [-0.15, -0.1) is 0 Å². The summed E-state index contributed by atoms with van der Waals surface area (Å²) in [5, 5.41) is 0. The number of piperazine rings is 1. The third-order valence-corrected chi connectivity index (χ3v) is 6.27. The van der Waals surface area contributed by atoms with Crippen molar-refractivity contribution in [1.82, 2.24) is 14.7 Å². The molecular weight excluding hydrogens is 363 g/mol. The predicted molar refractivity (Wildman–Crippen MR) is 83.5 cm³/mol. The average Bonchev–Trinajstić information content (AvgIpc) is 2.79. The van der Waals surface area contributed by atoms with Crippen molar-refractivity contribution in [3.63, 3.8) is 0 Å². The molecule has 0 aromatic heterocycles. The Hall–Kier alpha value is -1.36. The van der Waals surface area contributed by atoms with Crippen LogP contribution in [0.3, 0.4) is 0 Å². The highest BCUT2D eigenvalue weighted by Crippen LogP contribution is 2.29. The minimum absolute atomic E-state index is 0.0221. The van der Waals surface area contributed by atoms with Gasteiger partial charge in [0.25, 0.3) is 0 Å². The van der Waals surface area contributed by atoms with Crippen LogP contribution in [0, 0.1) is 0 Å². The highest BCUT2D eigenvalue weighted by atomic mass is 32.2. The molecule has 2 atom stereocenters. The van der Waals surface area contributed by atoms with Gasteiger partial charge in [0.15, 0.2) is 9.84 Å². The summed E-state index contributed by atoms with van der Waals surface area (Å²) in [5.41, 5.74) is 0. The van der Waals surface area contributed by atoms with Crippen LogP contribution in [0.4, 0.5) is 13.2 Å². The van der Waals surface area contributed by atoms with E-state index in [1.807, 2.05) is 0 Å². The van der Waals surface area contributed by atoms with E-state index in [0.717, 1.165) is 0 Å². The van der Waals surface area contributed by atoms with E-state index >= 15 is 0 Å². The number of sulfone groups is 1. The normalized spacial score (nSPS) is 26.4. The van der Waals surface area contributed by atoms with E-state index in [1.165, 1.54) is 9.80 Å². The number of hydrogen-bond donors (Lipinski definition) is 0. The lowest BCUT2D eigenvalue weighted by Crippen LogP contribution is -2.61. The molecule has 0 saturated carbocycles. The van der Waals surface area contributed by atoms with Crippen LogP contribution in [0.1, 0.15) is 12.8 Å². The molecule has 7 nitrogen and oxygen atoms in total. The van der Waals surface area contributed by atoms with Gasteiger partial charge in [-0.2, -0.15) is 13.2 Å². The second-order valence-corrected chi connectivity index (χ2v) is 8.83. The number of amides is 2. The monoisotopic (exact) mass is 385 g/mol. The Bertz CT molecular complexity index is 636. The van der Waals surface area contributed by atoms with Crippen LogP contribution >= 0.6 is 0 Å². The maximum absolute atomic E-state index is 12.3. The molecule has 11 heteroatoms. The molecule has 0 aromatic carbocycles. The number of hydrogen-bond acceptors (Lipinski definition) is 5. The quantitative estimate of drug-likeness (QED) is 0.666. The molecule has 0 N–H and O–H groups in total. The smallest absolute Gasteiger partial charge is 0.348 e. The maximum Gasteiger partial charge on any atom is 0.389 e. The number of nitrogens with zero attached hydrogens (tertiary/aromatic N) is 3. The van der Waals surface area contributed by atoms with Crippen molar-refractivity contribution < 1.29 is 31.2 Å². The van der Waals surface area contributed by atoms with Gasteiger partial charge >= 0.3 is 6.18 Å².